The number of hydrogen-bond acceptors (Lipinski definition) is 6. The molecule has 0 rings (SSSR count). The highest BCUT2D eigenvalue weighted by Gasteiger charge is 2.37. The predicted molar refractivity (Wildman–Crippen MR) is 90.5 cm³/mol. The van der Waals surface area contributed by atoms with E-state index in [9.17, 15) is 19.5 Å². The molecule has 0 radical (unpaired) electrons. The van der Waals surface area contributed by atoms with Crippen molar-refractivity contribution in [2.24, 2.45) is 0 Å². The molecule has 0 aliphatic heterocycles. The molecule has 0 aromatic rings. The molecule has 0 saturated heterocycles. The van der Waals surface area contributed by atoms with E-state index in [-0.39, 0.29) is 13.2 Å². The topological polar surface area (TPSA) is 123 Å². The molecule has 0 heterocycles. The van der Waals surface area contributed by atoms with Gasteiger partial charge >= 0.3 is 18.2 Å². The largest absolute Gasteiger partial charge is 0.481 e. The highest BCUT2D eigenvalue weighted by atomic mass is 16.6. The van der Waals surface area contributed by atoms with E-state index in [4.69, 9.17) is 14.2 Å². The summed E-state index contributed by atoms with van der Waals surface area (Å²) in [5.74, 6) is -1.17. The Kier molecular flexibility index (Phi) is 8.17. The van der Waals surface area contributed by atoms with Gasteiger partial charge in [-0.2, -0.15) is 0 Å². The van der Waals surface area contributed by atoms with Crippen molar-refractivity contribution in [3.8, 4) is 0 Å². The Morgan fingerprint density at radius 1 is 0.920 bits per heavy atom. The third-order valence-corrected chi connectivity index (χ3v) is 2.65. The molecule has 0 fully saturated rings. The Balaban J connectivity index is 5.19. The fourth-order valence-electron chi connectivity index (χ4n) is 1.93. The highest BCUT2D eigenvalue weighted by Crippen LogP contribution is 2.15. The first-order valence-corrected chi connectivity index (χ1v) is 7.87. The number of nitrogens with one attached hydrogen (secondary N) is 2. The molecule has 9 heteroatoms. The minimum absolute atomic E-state index is 0.145. The van der Waals surface area contributed by atoms with Crippen molar-refractivity contribution in [1.29, 1.82) is 0 Å². The van der Waals surface area contributed by atoms with Crippen molar-refractivity contribution in [3.63, 3.8) is 0 Å². The second-order valence-electron chi connectivity index (χ2n) is 7.77. The van der Waals surface area contributed by atoms with Crippen LogP contribution in [-0.4, -0.2) is 60.3 Å². The van der Waals surface area contributed by atoms with Crippen molar-refractivity contribution in [2.75, 3.05) is 20.3 Å². The van der Waals surface area contributed by atoms with Crippen LogP contribution >= 0.6 is 0 Å². The van der Waals surface area contributed by atoms with Crippen LogP contribution in [0.2, 0.25) is 0 Å². The molecule has 0 bridgehead atoms. The van der Waals surface area contributed by atoms with Crippen molar-refractivity contribution in [1.82, 2.24) is 10.6 Å². The smallest absolute Gasteiger partial charge is 0.408 e. The van der Waals surface area contributed by atoms with E-state index in [0.717, 1.165) is 0 Å². The zero-order chi connectivity index (χ0) is 19.9. The maximum Gasteiger partial charge on any atom is 0.408 e. The number of hydrogen-bond donors (Lipinski definition) is 3. The molecule has 2 amide bonds. The Bertz CT molecular complexity index is 480. The van der Waals surface area contributed by atoms with Gasteiger partial charge in [0.2, 0.25) is 0 Å². The Labute approximate surface area is 148 Å². The number of ether oxygens (including phenoxy) is 3. The zero-order valence-electron chi connectivity index (χ0n) is 16.0. The number of carboxylic acid groups (broad SMARTS) is 1. The number of carbonyl (C=O) groups excluding carboxylic acids is 2. The fraction of sp³-hybridized carbons (Fsp3) is 0.812. The van der Waals surface area contributed by atoms with Gasteiger partial charge in [0.1, 0.15) is 11.2 Å². The molecule has 0 saturated carbocycles. The molecule has 3 N–H and O–H groups in total. The normalized spacial score (nSPS) is 14.2. The van der Waals surface area contributed by atoms with Crippen molar-refractivity contribution in [3.05, 3.63) is 0 Å². The van der Waals surface area contributed by atoms with Gasteiger partial charge < -0.3 is 30.0 Å². The van der Waals surface area contributed by atoms with E-state index in [2.05, 4.69) is 10.6 Å². The first-order chi connectivity index (χ1) is 11.2. The van der Waals surface area contributed by atoms with Crippen LogP contribution in [-0.2, 0) is 19.0 Å². The van der Waals surface area contributed by atoms with E-state index < -0.39 is 41.3 Å². The predicted octanol–water partition coefficient (Wildman–Crippen LogP) is 1.90. The van der Waals surface area contributed by atoms with Crippen LogP contribution < -0.4 is 10.6 Å². The molecule has 0 aromatic heterocycles. The lowest BCUT2D eigenvalue weighted by atomic mass is 9.96. The van der Waals surface area contributed by atoms with Gasteiger partial charge in [0.15, 0.2) is 0 Å². The van der Waals surface area contributed by atoms with Gasteiger partial charge in [0, 0.05) is 13.7 Å². The zero-order valence-corrected chi connectivity index (χ0v) is 16.0. The van der Waals surface area contributed by atoms with Crippen molar-refractivity contribution >= 4 is 18.2 Å². The molecule has 9 nitrogen and oxygen atoms in total. The van der Waals surface area contributed by atoms with Gasteiger partial charge in [-0.3, -0.25) is 4.79 Å². The summed E-state index contributed by atoms with van der Waals surface area (Å²) in [7, 11) is 1.36. The average Bonchev–Trinajstić information content (AvgIpc) is 2.31. The molecule has 146 valence electrons. The second kappa shape index (κ2) is 8.89. The van der Waals surface area contributed by atoms with Crippen LogP contribution in [0.4, 0.5) is 9.59 Å². The number of carbonyl (C=O) groups is 3. The number of rotatable bonds is 7. The minimum atomic E-state index is -1.39. The molecular formula is C16H30N2O7. The maximum absolute atomic E-state index is 12.1. The van der Waals surface area contributed by atoms with Crippen LogP contribution in [0, 0.1) is 0 Å². The summed E-state index contributed by atoms with van der Waals surface area (Å²) in [5, 5.41) is 14.1. The van der Waals surface area contributed by atoms with E-state index in [1.807, 2.05) is 0 Å². The lowest BCUT2D eigenvalue weighted by molar-refractivity contribution is -0.139. The summed E-state index contributed by atoms with van der Waals surface area (Å²) in [6, 6.07) is 0. The summed E-state index contributed by atoms with van der Waals surface area (Å²) in [5.41, 5.74) is -2.86. The molecule has 1 atom stereocenters. The molecule has 1 unspecified atom stereocenters. The summed E-state index contributed by atoms with van der Waals surface area (Å²) in [6.45, 7) is 9.79. The van der Waals surface area contributed by atoms with Crippen LogP contribution in [0.15, 0.2) is 0 Å². The Hall–Kier alpha value is -2.03. The van der Waals surface area contributed by atoms with E-state index in [0.29, 0.717) is 0 Å². The van der Waals surface area contributed by atoms with E-state index >= 15 is 0 Å². The molecule has 0 spiro atoms. The van der Waals surface area contributed by atoms with Crippen molar-refractivity contribution < 1.29 is 33.7 Å². The number of aliphatic carboxylic acids is 1. The van der Waals surface area contributed by atoms with Gasteiger partial charge in [-0.1, -0.05) is 0 Å². The summed E-state index contributed by atoms with van der Waals surface area (Å²) in [4.78, 5) is 35.2. The first kappa shape index (κ1) is 23.0. The highest BCUT2D eigenvalue weighted by molar-refractivity contribution is 5.74. The number of alkyl carbamates (subject to hydrolysis) is 2. The second-order valence-corrected chi connectivity index (χ2v) is 7.77. The van der Waals surface area contributed by atoms with Crippen molar-refractivity contribution in [2.45, 2.75) is 64.7 Å². The summed E-state index contributed by atoms with van der Waals surface area (Å²) >= 11 is 0. The average molecular weight is 362 g/mol. The van der Waals surface area contributed by atoms with Gasteiger partial charge in [0.25, 0.3) is 0 Å². The van der Waals surface area contributed by atoms with Gasteiger partial charge in [0.05, 0.1) is 18.6 Å². The fourth-order valence-corrected chi connectivity index (χ4v) is 1.93. The van der Waals surface area contributed by atoms with Crippen LogP contribution in [0.25, 0.3) is 0 Å². The van der Waals surface area contributed by atoms with Gasteiger partial charge in [-0.25, -0.2) is 9.59 Å². The first-order valence-electron chi connectivity index (χ1n) is 7.87. The molecular weight excluding hydrogens is 332 g/mol. The molecule has 0 aliphatic rings. The van der Waals surface area contributed by atoms with Crippen LogP contribution in [0.1, 0.15) is 48.0 Å². The quantitative estimate of drug-likeness (QED) is 0.632. The summed E-state index contributed by atoms with van der Waals surface area (Å²) in [6.07, 6.45) is -2.02. The third-order valence-electron chi connectivity index (χ3n) is 2.65. The number of carboxylic acids is 1. The van der Waals surface area contributed by atoms with E-state index in [1.165, 1.54) is 7.11 Å². The number of methoxy groups -OCH3 is 1. The van der Waals surface area contributed by atoms with Crippen LogP contribution in [0.5, 0.6) is 0 Å². The minimum Gasteiger partial charge on any atom is -0.481 e. The Morgan fingerprint density at radius 2 is 1.40 bits per heavy atom. The molecule has 0 aliphatic carbocycles. The lowest BCUT2D eigenvalue weighted by Crippen LogP contribution is -2.60. The maximum atomic E-state index is 12.1. The third kappa shape index (κ3) is 11.2. The van der Waals surface area contributed by atoms with Crippen LogP contribution in [0.3, 0.4) is 0 Å². The van der Waals surface area contributed by atoms with E-state index in [1.54, 1.807) is 41.5 Å². The standard InChI is InChI=1S/C16H30N2O7/c1-14(2,3)24-12(21)17-9-16(10-23-7,8-11(19)20)18-13(22)25-15(4,5)6/h8-10H2,1-7H3,(H,17,21)(H,18,22)(H,19,20). The van der Waals surface area contributed by atoms with Gasteiger partial charge in [-0.05, 0) is 41.5 Å². The lowest BCUT2D eigenvalue weighted by Gasteiger charge is -2.34. The number of amides is 2. The van der Waals surface area contributed by atoms with Gasteiger partial charge in [-0.15, -0.1) is 0 Å². The molecule has 0 aromatic carbocycles. The monoisotopic (exact) mass is 362 g/mol. The molecule has 25 heavy (non-hydrogen) atoms. The SMILES string of the molecule is COCC(CNC(=O)OC(C)(C)C)(CC(=O)O)NC(=O)OC(C)(C)C. The summed E-state index contributed by atoms with van der Waals surface area (Å²) < 4.78 is 15.3. The Morgan fingerprint density at radius 3 is 1.80 bits per heavy atom.